The van der Waals surface area contributed by atoms with Crippen LogP contribution in [0.1, 0.15) is 5.56 Å². The van der Waals surface area contributed by atoms with Gasteiger partial charge in [-0.05, 0) is 36.1 Å². The lowest BCUT2D eigenvalue weighted by molar-refractivity contribution is -0.116. The summed E-state index contributed by atoms with van der Waals surface area (Å²) in [6.45, 7) is -0.176. The number of amides is 1. The normalized spacial score (nSPS) is 11.4. The molecule has 150 valence electrons. The third kappa shape index (κ3) is 5.47. The third-order valence-corrected chi connectivity index (χ3v) is 6.89. The van der Waals surface area contributed by atoms with Crippen molar-refractivity contribution in [1.29, 1.82) is 0 Å². The number of thioether (sulfide) groups is 1. The van der Waals surface area contributed by atoms with Crippen molar-refractivity contribution in [3.05, 3.63) is 90.5 Å². The first kappa shape index (κ1) is 21.1. The van der Waals surface area contributed by atoms with Crippen molar-refractivity contribution in [2.75, 3.05) is 18.1 Å². The van der Waals surface area contributed by atoms with Crippen molar-refractivity contribution in [3.63, 3.8) is 0 Å². The molecule has 0 aliphatic rings. The van der Waals surface area contributed by atoms with Crippen molar-refractivity contribution in [1.82, 2.24) is 4.31 Å². The molecule has 0 unspecified atom stereocenters. The number of carbonyl (C=O) groups is 1. The second-order valence-corrected chi connectivity index (χ2v) is 9.11. The van der Waals surface area contributed by atoms with Gasteiger partial charge in [0.15, 0.2) is 0 Å². The molecule has 0 fully saturated rings. The van der Waals surface area contributed by atoms with Crippen LogP contribution in [0.25, 0.3) is 0 Å². The van der Waals surface area contributed by atoms with Crippen LogP contribution in [0.2, 0.25) is 0 Å². The fourth-order valence-corrected chi connectivity index (χ4v) is 4.81. The number of nitrogens with one attached hydrogen (secondary N) is 1. The van der Waals surface area contributed by atoms with Crippen molar-refractivity contribution >= 4 is 33.4 Å². The maximum atomic E-state index is 13.2. The highest BCUT2D eigenvalue weighted by Crippen LogP contribution is 2.25. The van der Waals surface area contributed by atoms with E-state index in [-0.39, 0.29) is 23.9 Å². The highest BCUT2D eigenvalue weighted by Gasteiger charge is 2.27. The number of anilines is 1. The minimum absolute atomic E-state index is 0.107. The van der Waals surface area contributed by atoms with Gasteiger partial charge in [-0.15, -0.1) is 11.8 Å². The SMILES string of the molecule is CSc1ccccc1NC(=O)CN(Cc1ccccc1)S(=O)(=O)c1ccccc1. The van der Waals surface area contributed by atoms with E-state index < -0.39 is 10.0 Å². The van der Waals surface area contributed by atoms with Gasteiger partial charge in [-0.25, -0.2) is 8.42 Å². The number of para-hydroxylation sites is 1. The van der Waals surface area contributed by atoms with Gasteiger partial charge in [-0.2, -0.15) is 4.31 Å². The summed E-state index contributed by atoms with van der Waals surface area (Å²) >= 11 is 1.51. The van der Waals surface area contributed by atoms with Crippen LogP contribution in [0, 0.1) is 0 Å². The van der Waals surface area contributed by atoms with E-state index in [4.69, 9.17) is 0 Å². The zero-order valence-electron chi connectivity index (χ0n) is 16.0. The van der Waals surface area contributed by atoms with Crippen LogP contribution in [0.15, 0.2) is 94.7 Å². The van der Waals surface area contributed by atoms with Crippen LogP contribution in [0.3, 0.4) is 0 Å². The summed E-state index contributed by atoms with van der Waals surface area (Å²) in [6.07, 6.45) is 1.92. The van der Waals surface area contributed by atoms with Crippen LogP contribution < -0.4 is 5.32 Å². The second-order valence-electron chi connectivity index (χ2n) is 6.32. The molecule has 0 spiro atoms. The smallest absolute Gasteiger partial charge is 0.243 e. The highest BCUT2D eigenvalue weighted by atomic mass is 32.2. The number of rotatable bonds is 8. The van der Waals surface area contributed by atoms with Crippen molar-refractivity contribution in [2.45, 2.75) is 16.3 Å². The van der Waals surface area contributed by atoms with E-state index in [0.29, 0.717) is 5.69 Å². The van der Waals surface area contributed by atoms with Gasteiger partial charge in [0.05, 0.1) is 17.1 Å². The van der Waals surface area contributed by atoms with E-state index >= 15 is 0 Å². The Morgan fingerprint density at radius 1 is 0.897 bits per heavy atom. The number of carbonyl (C=O) groups excluding carboxylic acids is 1. The molecule has 1 amide bonds. The second kappa shape index (κ2) is 9.73. The van der Waals surface area contributed by atoms with Gasteiger partial charge in [-0.3, -0.25) is 4.79 Å². The zero-order chi connectivity index (χ0) is 20.7. The van der Waals surface area contributed by atoms with Crippen LogP contribution in [-0.2, 0) is 21.4 Å². The Morgan fingerprint density at radius 3 is 2.14 bits per heavy atom. The monoisotopic (exact) mass is 426 g/mol. The first-order valence-electron chi connectivity index (χ1n) is 9.02. The minimum Gasteiger partial charge on any atom is -0.324 e. The van der Waals surface area contributed by atoms with Gasteiger partial charge in [0.1, 0.15) is 0 Å². The molecule has 0 saturated carbocycles. The summed E-state index contributed by atoms with van der Waals surface area (Å²) in [7, 11) is -3.84. The third-order valence-electron chi connectivity index (χ3n) is 4.28. The number of nitrogens with zero attached hydrogens (tertiary/aromatic N) is 1. The van der Waals surface area contributed by atoms with Crippen LogP contribution in [0.5, 0.6) is 0 Å². The van der Waals surface area contributed by atoms with Gasteiger partial charge in [0.2, 0.25) is 15.9 Å². The summed E-state index contributed by atoms with van der Waals surface area (Å²) in [5, 5.41) is 2.84. The number of hydrogen-bond donors (Lipinski definition) is 1. The van der Waals surface area contributed by atoms with Crippen LogP contribution in [0.4, 0.5) is 5.69 Å². The Morgan fingerprint density at radius 2 is 1.48 bits per heavy atom. The summed E-state index contributed by atoms with van der Waals surface area (Å²) in [5.41, 5.74) is 1.48. The molecule has 0 aromatic heterocycles. The molecular weight excluding hydrogens is 404 g/mol. The molecule has 0 radical (unpaired) electrons. The Balaban J connectivity index is 1.86. The first-order valence-corrected chi connectivity index (χ1v) is 11.7. The molecule has 0 heterocycles. The molecule has 29 heavy (non-hydrogen) atoms. The van der Waals surface area contributed by atoms with Crippen molar-refractivity contribution < 1.29 is 13.2 Å². The van der Waals surface area contributed by atoms with E-state index in [1.54, 1.807) is 24.3 Å². The summed E-state index contributed by atoms with van der Waals surface area (Å²) in [5.74, 6) is -0.387. The highest BCUT2D eigenvalue weighted by molar-refractivity contribution is 7.98. The first-order chi connectivity index (χ1) is 14.0. The van der Waals surface area contributed by atoms with Crippen molar-refractivity contribution in [2.24, 2.45) is 0 Å². The predicted octanol–water partition coefficient (Wildman–Crippen LogP) is 4.24. The maximum absolute atomic E-state index is 13.2. The fraction of sp³-hybridized carbons (Fsp3) is 0.136. The molecule has 3 rings (SSSR count). The summed E-state index contributed by atoms with van der Waals surface area (Å²) in [4.78, 5) is 13.8. The van der Waals surface area contributed by atoms with Gasteiger partial charge >= 0.3 is 0 Å². The lowest BCUT2D eigenvalue weighted by Crippen LogP contribution is -2.37. The lowest BCUT2D eigenvalue weighted by atomic mass is 10.2. The van der Waals surface area contributed by atoms with Crippen LogP contribution >= 0.6 is 11.8 Å². The minimum atomic E-state index is -3.84. The number of benzene rings is 3. The van der Waals surface area contributed by atoms with Gasteiger partial charge in [-0.1, -0.05) is 60.7 Å². The predicted molar refractivity (Wildman–Crippen MR) is 117 cm³/mol. The van der Waals surface area contributed by atoms with E-state index in [1.807, 2.05) is 54.8 Å². The average Bonchev–Trinajstić information content (AvgIpc) is 2.75. The zero-order valence-corrected chi connectivity index (χ0v) is 17.6. The van der Waals surface area contributed by atoms with Crippen LogP contribution in [-0.4, -0.2) is 31.4 Å². The fourth-order valence-electron chi connectivity index (χ4n) is 2.85. The molecule has 0 atom stereocenters. The number of hydrogen-bond acceptors (Lipinski definition) is 4. The molecule has 0 saturated heterocycles. The standard InChI is InChI=1S/C22H22N2O3S2/c1-28-21-15-9-8-14-20(21)23-22(25)17-24(16-18-10-4-2-5-11-18)29(26,27)19-12-6-3-7-13-19/h2-15H,16-17H2,1H3,(H,23,25). The molecule has 0 bridgehead atoms. The topological polar surface area (TPSA) is 66.5 Å². The summed E-state index contributed by atoms with van der Waals surface area (Å²) in [6, 6.07) is 24.8. The molecule has 3 aromatic rings. The lowest BCUT2D eigenvalue weighted by Gasteiger charge is -2.22. The van der Waals surface area contributed by atoms with Gasteiger partial charge < -0.3 is 5.32 Å². The van der Waals surface area contributed by atoms with Gasteiger partial charge in [0, 0.05) is 11.4 Å². The Bertz CT molecular complexity index is 1060. The largest absolute Gasteiger partial charge is 0.324 e. The summed E-state index contributed by atoms with van der Waals surface area (Å²) < 4.78 is 27.6. The average molecular weight is 427 g/mol. The Hall–Kier alpha value is -2.61. The van der Waals surface area contributed by atoms with Gasteiger partial charge in [0.25, 0.3) is 0 Å². The quantitative estimate of drug-likeness (QED) is 0.547. The van der Waals surface area contributed by atoms with E-state index in [0.717, 1.165) is 10.5 Å². The number of sulfonamides is 1. The van der Waals surface area contributed by atoms with Crippen molar-refractivity contribution in [3.8, 4) is 0 Å². The molecule has 5 nitrogen and oxygen atoms in total. The van der Waals surface area contributed by atoms with E-state index in [2.05, 4.69) is 5.32 Å². The molecule has 0 aliphatic heterocycles. The van der Waals surface area contributed by atoms with E-state index in [1.165, 1.54) is 28.2 Å². The Kier molecular flexibility index (Phi) is 7.09. The maximum Gasteiger partial charge on any atom is 0.243 e. The molecule has 1 N–H and O–H groups in total. The molecular formula is C22H22N2O3S2. The van der Waals surface area contributed by atoms with E-state index in [9.17, 15) is 13.2 Å². The molecule has 7 heteroatoms. The molecule has 3 aromatic carbocycles. The molecule has 0 aliphatic carbocycles. The Labute approximate surface area is 175 Å².